The first kappa shape index (κ1) is 17.5. The van der Waals surface area contributed by atoms with Crippen molar-refractivity contribution in [3.63, 3.8) is 0 Å². The molecule has 7 heteroatoms. The molecule has 0 radical (unpaired) electrons. The number of benzene rings is 1. The van der Waals surface area contributed by atoms with Gasteiger partial charge in [0.05, 0.1) is 25.5 Å². The maximum absolute atomic E-state index is 11.7. The highest BCUT2D eigenvalue weighted by molar-refractivity contribution is 5.92. The van der Waals surface area contributed by atoms with Crippen LogP contribution in [0.2, 0.25) is 0 Å². The third-order valence-corrected chi connectivity index (χ3v) is 2.53. The lowest BCUT2D eigenvalue weighted by atomic mass is 10.1. The summed E-state index contributed by atoms with van der Waals surface area (Å²) in [5.41, 5.74) is 6.03. The van der Waals surface area contributed by atoms with Crippen LogP contribution in [0.3, 0.4) is 0 Å². The summed E-state index contributed by atoms with van der Waals surface area (Å²) in [6.45, 7) is 1.76. The molecule has 0 heterocycles. The highest BCUT2D eigenvalue weighted by atomic mass is 16.5. The Hall–Kier alpha value is -2.54. The summed E-state index contributed by atoms with van der Waals surface area (Å²) in [5.74, 6) is -0.654. The van der Waals surface area contributed by atoms with E-state index in [1.54, 1.807) is 31.2 Å². The van der Waals surface area contributed by atoms with Crippen LogP contribution in [0.4, 0.5) is 0 Å². The Bertz CT molecular complexity index is 542. The number of ether oxygens (including phenoxy) is 2. The van der Waals surface area contributed by atoms with Crippen molar-refractivity contribution in [2.45, 2.75) is 6.92 Å². The van der Waals surface area contributed by atoms with Crippen LogP contribution in [0.15, 0.2) is 30.3 Å². The molecule has 0 atom stereocenters. The lowest BCUT2D eigenvalue weighted by molar-refractivity contribution is -0.137. The van der Waals surface area contributed by atoms with Crippen molar-refractivity contribution in [1.29, 1.82) is 0 Å². The second-order valence-electron chi connectivity index (χ2n) is 4.20. The zero-order valence-electron chi connectivity index (χ0n) is 12.4. The van der Waals surface area contributed by atoms with Crippen LogP contribution < -0.4 is 15.8 Å². The molecule has 0 saturated carbocycles. The Kier molecular flexibility index (Phi) is 7.49. The summed E-state index contributed by atoms with van der Waals surface area (Å²) in [4.78, 5) is 22.6. The van der Waals surface area contributed by atoms with Gasteiger partial charge in [-0.2, -0.15) is 0 Å². The molecular weight excluding hydrogens is 288 g/mol. The van der Waals surface area contributed by atoms with Crippen LogP contribution in [0.25, 0.3) is 5.70 Å². The molecule has 120 valence electrons. The Labute approximate surface area is 128 Å². The normalized spacial score (nSPS) is 10.9. The number of hydrogen-bond donors (Lipinski definition) is 3. The minimum Gasteiger partial charge on any atom is -0.490 e. The van der Waals surface area contributed by atoms with E-state index >= 15 is 0 Å². The molecule has 1 amide bonds. The molecule has 0 unspecified atom stereocenters. The number of amides is 1. The quantitative estimate of drug-likeness (QED) is 0.439. The monoisotopic (exact) mass is 308 g/mol. The van der Waals surface area contributed by atoms with Gasteiger partial charge >= 0.3 is 5.97 Å². The fourth-order valence-corrected chi connectivity index (χ4v) is 1.68. The van der Waals surface area contributed by atoms with Gasteiger partial charge in [0.1, 0.15) is 12.4 Å². The number of aliphatic hydroxyl groups is 1. The number of rotatable bonds is 9. The van der Waals surface area contributed by atoms with Crippen LogP contribution in [0.5, 0.6) is 5.75 Å². The molecule has 0 aliphatic carbocycles. The van der Waals surface area contributed by atoms with Gasteiger partial charge in [0.2, 0.25) is 5.91 Å². The molecule has 0 fully saturated rings. The van der Waals surface area contributed by atoms with Crippen molar-refractivity contribution >= 4 is 17.6 Å². The maximum atomic E-state index is 11.7. The Morgan fingerprint density at radius 1 is 1.36 bits per heavy atom. The fraction of sp³-hybridized carbons (Fsp3) is 0.333. The number of carbonyl (C=O) groups is 2. The topological polar surface area (TPSA) is 111 Å². The fourth-order valence-electron chi connectivity index (χ4n) is 1.68. The molecule has 0 bridgehead atoms. The number of esters is 1. The number of aliphatic hydroxyl groups excluding tert-OH is 1. The van der Waals surface area contributed by atoms with Crippen molar-refractivity contribution in [3.8, 4) is 5.75 Å². The molecule has 1 aromatic carbocycles. The Morgan fingerprint density at radius 3 is 2.73 bits per heavy atom. The first-order valence-electron chi connectivity index (χ1n) is 6.82. The van der Waals surface area contributed by atoms with Crippen LogP contribution >= 0.6 is 0 Å². The molecule has 4 N–H and O–H groups in total. The number of para-hydroxylation sites is 1. The molecule has 0 spiro atoms. The second-order valence-corrected chi connectivity index (χ2v) is 4.20. The van der Waals surface area contributed by atoms with Crippen molar-refractivity contribution in [2.75, 3.05) is 26.4 Å². The highest BCUT2D eigenvalue weighted by Crippen LogP contribution is 2.24. The Morgan fingerprint density at radius 2 is 2.09 bits per heavy atom. The predicted molar refractivity (Wildman–Crippen MR) is 80.8 cm³/mol. The number of hydrogen-bond acceptors (Lipinski definition) is 6. The summed E-state index contributed by atoms with van der Waals surface area (Å²) >= 11 is 0. The van der Waals surface area contributed by atoms with Gasteiger partial charge in [-0.05, 0) is 19.1 Å². The van der Waals surface area contributed by atoms with Crippen LogP contribution in [0, 0.1) is 0 Å². The van der Waals surface area contributed by atoms with E-state index in [-0.39, 0.29) is 26.4 Å². The van der Waals surface area contributed by atoms with E-state index in [4.69, 9.17) is 20.3 Å². The number of nitrogens with one attached hydrogen (secondary N) is 1. The third-order valence-electron chi connectivity index (χ3n) is 2.53. The summed E-state index contributed by atoms with van der Waals surface area (Å²) in [6.07, 6.45) is 1.23. The average Bonchev–Trinajstić information content (AvgIpc) is 2.50. The van der Waals surface area contributed by atoms with Crippen molar-refractivity contribution < 1.29 is 24.2 Å². The molecule has 0 aromatic heterocycles. The minimum atomic E-state index is -0.566. The van der Waals surface area contributed by atoms with Gasteiger partial charge in [-0.1, -0.05) is 12.1 Å². The van der Waals surface area contributed by atoms with Gasteiger partial charge < -0.3 is 25.6 Å². The lowest BCUT2D eigenvalue weighted by Crippen LogP contribution is -2.28. The molecule has 1 rings (SSSR count). The van der Waals surface area contributed by atoms with Crippen molar-refractivity contribution in [1.82, 2.24) is 5.32 Å². The third kappa shape index (κ3) is 5.84. The van der Waals surface area contributed by atoms with Gasteiger partial charge in [-0.3, -0.25) is 4.79 Å². The van der Waals surface area contributed by atoms with Crippen LogP contribution in [0.1, 0.15) is 12.5 Å². The van der Waals surface area contributed by atoms with Gasteiger partial charge in [0.15, 0.2) is 0 Å². The van der Waals surface area contributed by atoms with Gasteiger partial charge in [0, 0.05) is 11.6 Å². The minimum absolute atomic E-state index is 0.111. The zero-order chi connectivity index (χ0) is 16.4. The zero-order valence-corrected chi connectivity index (χ0v) is 12.4. The van der Waals surface area contributed by atoms with Gasteiger partial charge in [-0.15, -0.1) is 0 Å². The summed E-state index contributed by atoms with van der Waals surface area (Å²) in [6, 6.07) is 6.92. The number of primary amides is 1. The van der Waals surface area contributed by atoms with Crippen molar-refractivity contribution in [2.24, 2.45) is 5.73 Å². The summed E-state index contributed by atoms with van der Waals surface area (Å²) < 4.78 is 10.3. The van der Waals surface area contributed by atoms with Gasteiger partial charge in [-0.25, -0.2) is 4.79 Å². The number of carbonyl (C=O) groups excluding carboxylic acids is 2. The first-order valence-corrected chi connectivity index (χ1v) is 6.82. The van der Waals surface area contributed by atoms with Crippen molar-refractivity contribution in [3.05, 3.63) is 35.9 Å². The van der Waals surface area contributed by atoms with E-state index in [9.17, 15) is 9.59 Å². The first-order chi connectivity index (χ1) is 10.6. The van der Waals surface area contributed by atoms with Crippen LogP contribution in [-0.2, 0) is 14.3 Å². The largest absolute Gasteiger partial charge is 0.490 e. The van der Waals surface area contributed by atoms with E-state index in [0.29, 0.717) is 17.0 Å². The molecule has 0 saturated heterocycles. The predicted octanol–water partition coefficient (Wildman–Crippen LogP) is 0.0366. The lowest BCUT2D eigenvalue weighted by Gasteiger charge is -2.14. The van der Waals surface area contributed by atoms with E-state index in [0.717, 1.165) is 0 Å². The molecule has 22 heavy (non-hydrogen) atoms. The molecule has 0 aliphatic heterocycles. The standard InChI is InChI=1S/C15H20N2O5/c1-2-21-15(20)9-12(17-10-14(16)19)11-5-3-4-6-13(11)22-8-7-18/h3-6,9,17-18H,2,7-8,10H2,1H3,(H2,16,19)/b12-9-. The SMILES string of the molecule is CCOC(=O)/C=C(\NCC(N)=O)c1ccccc1OCCO. The van der Waals surface area contributed by atoms with E-state index in [2.05, 4.69) is 5.32 Å². The van der Waals surface area contributed by atoms with E-state index in [1.165, 1.54) is 6.08 Å². The van der Waals surface area contributed by atoms with Crippen LogP contribution in [-0.4, -0.2) is 43.3 Å². The molecule has 0 aliphatic rings. The maximum Gasteiger partial charge on any atom is 0.332 e. The average molecular weight is 308 g/mol. The second kappa shape index (κ2) is 9.41. The molecule has 1 aromatic rings. The highest BCUT2D eigenvalue weighted by Gasteiger charge is 2.12. The summed E-state index contributed by atoms with van der Waals surface area (Å²) in [7, 11) is 0. The summed E-state index contributed by atoms with van der Waals surface area (Å²) in [5, 5.41) is 11.6. The number of nitrogens with two attached hydrogens (primary N) is 1. The molecule has 7 nitrogen and oxygen atoms in total. The Balaban J connectivity index is 3.08. The smallest absolute Gasteiger partial charge is 0.332 e. The van der Waals surface area contributed by atoms with E-state index < -0.39 is 11.9 Å². The van der Waals surface area contributed by atoms with Gasteiger partial charge in [0.25, 0.3) is 0 Å². The van der Waals surface area contributed by atoms with E-state index in [1.807, 2.05) is 0 Å². The molecular formula is C15H20N2O5.